The molecule has 0 N–H and O–H groups in total. The van der Waals surface area contributed by atoms with Gasteiger partial charge in [0.2, 0.25) is 5.90 Å². The summed E-state index contributed by atoms with van der Waals surface area (Å²) >= 11 is 9.78. The Morgan fingerprint density at radius 2 is 1.85 bits per heavy atom. The van der Waals surface area contributed by atoms with E-state index in [4.69, 9.17) is 25.8 Å². The Hall–Kier alpha value is -3.09. The second kappa shape index (κ2) is 10.2. The van der Waals surface area contributed by atoms with Crippen LogP contribution in [0.1, 0.15) is 29.2 Å². The molecule has 3 aromatic carbocycles. The van der Waals surface area contributed by atoms with Crippen molar-refractivity contribution in [1.82, 2.24) is 0 Å². The van der Waals surface area contributed by atoms with E-state index in [-0.39, 0.29) is 11.6 Å². The van der Waals surface area contributed by atoms with Crippen LogP contribution in [0.2, 0.25) is 5.02 Å². The molecule has 1 aliphatic rings. The molecule has 4 rings (SSSR count). The first-order chi connectivity index (χ1) is 15.9. The summed E-state index contributed by atoms with van der Waals surface area (Å²) in [5.74, 6) is 0.791. The number of cyclic esters (lactones) is 1. The second-order valence-electron chi connectivity index (χ2n) is 7.35. The third-order valence-electron chi connectivity index (χ3n) is 4.86. The molecular formula is C26H21BrClNO4. The van der Waals surface area contributed by atoms with Crippen molar-refractivity contribution in [2.45, 2.75) is 20.5 Å². The van der Waals surface area contributed by atoms with Gasteiger partial charge in [-0.25, -0.2) is 9.79 Å². The van der Waals surface area contributed by atoms with Crippen LogP contribution in [0.5, 0.6) is 11.5 Å². The highest BCUT2D eigenvalue weighted by Gasteiger charge is 2.25. The number of hydrogen-bond acceptors (Lipinski definition) is 5. The van der Waals surface area contributed by atoms with Crippen LogP contribution in [0.15, 0.2) is 75.8 Å². The summed E-state index contributed by atoms with van der Waals surface area (Å²) in [5.41, 5.74) is 3.69. The number of halogens is 2. The Bertz CT molecular complexity index is 1250. The fraction of sp³-hybridized carbons (Fsp3) is 0.154. The van der Waals surface area contributed by atoms with Gasteiger partial charge in [0.25, 0.3) is 0 Å². The average Bonchev–Trinajstić information content (AvgIpc) is 3.15. The van der Waals surface area contributed by atoms with Crippen molar-refractivity contribution in [2.75, 3.05) is 6.61 Å². The second-order valence-corrected chi connectivity index (χ2v) is 8.61. The Morgan fingerprint density at radius 1 is 1.09 bits per heavy atom. The summed E-state index contributed by atoms with van der Waals surface area (Å²) in [6.45, 7) is 4.81. The number of carbonyl (C=O) groups excluding carboxylic acids is 1. The van der Waals surface area contributed by atoms with Gasteiger partial charge in [-0.15, -0.1) is 0 Å². The molecule has 33 heavy (non-hydrogen) atoms. The Balaban J connectivity index is 1.61. The predicted molar refractivity (Wildman–Crippen MR) is 133 cm³/mol. The van der Waals surface area contributed by atoms with Gasteiger partial charge < -0.3 is 14.2 Å². The van der Waals surface area contributed by atoms with Gasteiger partial charge in [0.15, 0.2) is 17.2 Å². The molecule has 5 nitrogen and oxygen atoms in total. The smallest absolute Gasteiger partial charge is 0.363 e. The van der Waals surface area contributed by atoms with Gasteiger partial charge in [-0.3, -0.25) is 0 Å². The fourth-order valence-electron chi connectivity index (χ4n) is 3.23. The zero-order chi connectivity index (χ0) is 23.4. The molecule has 0 aliphatic carbocycles. The Labute approximate surface area is 205 Å². The van der Waals surface area contributed by atoms with E-state index in [0.29, 0.717) is 45.3 Å². The van der Waals surface area contributed by atoms with Crippen molar-refractivity contribution in [3.63, 3.8) is 0 Å². The number of carbonyl (C=O) groups is 1. The van der Waals surface area contributed by atoms with E-state index in [0.717, 1.165) is 5.56 Å². The molecule has 0 amide bonds. The van der Waals surface area contributed by atoms with Crippen molar-refractivity contribution >= 4 is 45.5 Å². The van der Waals surface area contributed by atoms with E-state index in [2.05, 4.69) is 20.9 Å². The number of benzene rings is 3. The summed E-state index contributed by atoms with van der Waals surface area (Å²) < 4.78 is 17.9. The van der Waals surface area contributed by atoms with Crippen molar-refractivity contribution in [3.05, 3.63) is 98.1 Å². The van der Waals surface area contributed by atoms with Crippen LogP contribution in [0.4, 0.5) is 0 Å². The van der Waals surface area contributed by atoms with Crippen molar-refractivity contribution in [1.29, 1.82) is 0 Å². The van der Waals surface area contributed by atoms with Gasteiger partial charge >= 0.3 is 5.97 Å². The summed E-state index contributed by atoms with van der Waals surface area (Å²) in [6.07, 6.45) is 1.64. The lowest BCUT2D eigenvalue weighted by Crippen LogP contribution is -2.05. The third kappa shape index (κ3) is 5.46. The quantitative estimate of drug-likeness (QED) is 0.253. The number of nitrogens with zero attached hydrogens (tertiary/aromatic N) is 1. The molecule has 7 heteroatoms. The van der Waals surface area contributed by atoms with E-state index >= 15 is 0 Å². The summed E-state index contributed by atoms with van der Waals surface area (Å²) in [5, 5.41) is 0.460. The zero-order valence-electron chi connectivity index (χ0n) is 18.1. The minimum absolute atomic E-state index is 0.174. The first-order valence-electron chi connectivity index (χ1n) is 10.4. The summed E-state index contributed by atoms with van der Waals surface area (Å²) in [6, 6.07) is 18.9. The minimum Gasteiger partial charge on any atom is -0.490 e. The normalized spacial score (nSPS) is 14.2. The lowest BCUT2D eigenvalue weighted by atomic mass is 10.1. The predicted octanol–water partition coefficient (Wildman–Crippen LogP) is 6.73. The molecule has 3 aromatic rings. The molecule has 0 radical (unpaired) electrons. The molecule has 0 atom stereocenters. The molecule has 1 heterocycles. The highest BCUT2D eigenvalue weighted by molar-refractivity contribution is 9.10. The fourth-order valence-corrected chi connectivity index (χ4v) is 4.02. The molecule has 0 saturated heterocycles. The Morgan fingerprint density at radius 3 is 2.58 bits per heavy atom. The first kappa shape index (κ1) is 23.1. The van der Waals surface area contributed by atoms with Gasteiger partial charge in [0.1, 0.15) is 6.61 Å². The standard InChI is InChI=1S/C26H21BrClNO4/c1-3-31-23-14-18(12-20(27)24(23)32-15-17-10-8-16(2)9-11-17)13-22-26(30)33-25(29-22)19-6-4-5-7-21(19)28/h4-14H,3,15H2,1-2H3/b22-13-. The first-order valence-corrected chi connectivity index (χ1v) is 11.5. The summed E-state index contributed by atoms with van der Waals surface area (Å²) in [7, 11) is 0. The minimum atomic E-state index is -0.543. The topological polar surface area (TPSA) is 57.1 Å². The van der Waals surface area contributed by atoms with Gasteiger partial charge in [0, 0.05) is 0 Å². The Kier molecular flexibility index (Phi) is 7.16. The molecule has 0 fully saturated rings. The van der Waals surface area contributed by atoms with E-state index in [9.17, 15) is 4.79 Å². The lowest BCUT2D eigenvalue weighted by molar-refractivity contribution is -0.129. The molecule has 1 aliphatic heterocycles. The van der Waals surface area contributed by atoms with Crippen molar-refractivity contribution in [2.24, 2.45) is 4.99 Å². The number of ether oxygens (including phenoxy) is 3. The molecule has 168 valence electrons. The SMILES string of the molecule is CCOc1cc(/C=C2\N=C(c3ccccc3Cl)OC2=O)cc(Br)c1OCc1ccc(C)cc1. The van der Waals surface area contributed by atoms with Crippen LogP contribution in [0.25, 0.3) is 6.08 Å². The highest BCUT2D eigenvalue weighted by atomic mass is 79.9. The molecule has 0 spiro atoms. The van der Waals surface area contributed by atoms with Crippen molar-refractivity contribution < 1.29 is 19.0 Å². The number of hydrogen-bond donors (Lipinski definition) is 0. The van der Waals surface area contributed by atoms with Crippen LogP contribution in [0, 0.1) is 6.92 Å². The maximum Gasteiger partial charge on any atom is 0.363 e. The van der Waals surface area contributed by atoms with Gasteiger partial charge in [0.05, 0.1) is 21.7 Å². The number of aryl methyl sites for hydroxylation is 1. The van der Waals surface area contributed by atoms with Gasteiger partial charge in [-0.2, -0.15) is 0 Å². The van der Waals surface area contributed by atoms with E-state index < -0.39 is 5.97 Å². The van der Waals surface area contributed by atoms with Crippen LogP contribution in [-0.2, 0) is 16.1 Å². The summed E-state index contributed by atoms with van der Waals surface area (Å²) in [4.78, 5) is 16.7. The molecule has 0 unspecified atom stereocenters. The van der Waals surface area contributed by atoms with E-state index in [1.165, 1.54) is 5.56 Å². The van der Waals surface area contributed by atoms with Crippen LogP contribution < -0.4 is 9.47 Å². The van der Waals surface area contributed by atoms with Crippen LogP contribution in [0.3, 0.4) is 0 Å². The maximum atomic E-state index is 12.4. The number of aliphatic imine (C=N–C) groups is 1. The molecule has 0 bridgehead atoms. The van der Waals surface area contributed by atoms with Gasteiger partial charge in [-0.05, 0) is 71.2 Å². The maximum absolute atomic E-state index is 12.4. The van der Waals surface area contributed by atoms with Crippen LogP contribution >= 0.6 is 27.5 Å². The molecular weight excluding hydrogens is 506 g/mol. The molecule has 0 saturated carbocycles. The van der Waals surface area contributed by atoms with Gasteiger partial charge in [-0.1, -0.05) is 53.6 Å². The van der Waals surface area contributed by atoms with E-state index in [1.54, 1.807) is 30.3 Å². The average molecular weight is 527 g/mol. The highest BCUT2D eigenvalue weighted by Crippen LogP contribution is 2.38. The zero-order valence-corrected chi connectivity index (χ0v) is 20.4. The number of rotatable bonds is 7. The van der Waals surface area contributed by atoms with Crippen molar-refractivity contribution in [3.8, 4) is 11.5 Å². The third-order valence-corrected chi connectivity index (χ3v) is 5.78. The largest absolute Gasteiger partial charge is 0.490 e. The van der Waals surface area contributed by atoms with Crippen LogP contribution in [-0.4, -0.2) is 18.5 Å². The monoisotopic (exact) mass is 525 g/mol. The van der Waals surface area contributed by atoms with E-state index in [1.807, 2.05) is 50.2 Å². The lowest BCUT2D eigenvalue weighted by Gasteiger charge is -2.15. The molecule has 0 aromatic heterocycles. The number of esters is 1.